The molecule has 1 aromatic rings. The van der Waals surface area contributed by atoms with E-state index in [0.717, 1.165) is 17.7 Å². The van der Waals surface area contributed by atoms with Crippen molar-refractivity contribution in [2.75, 3.05) is 18.0 Å². The standard InChI is InChI=1S/C18H24N2O4/c1-11-9-19(17(23)24-18(2,3)4)10-14-7-12-5-6-13(16(21)22)8-15(12)20(11)14/h5-6,8,11,14H,7,9-10H2,1-4H3,(H,21,22)/t11?,14-/m1/s1. The molecule has 0 saturated carbocycles. The number of carbonyl (C=O) groups is 2. The van der Waals surface area contributed by atoms with Crippen LogP contribution >= 0.6 is 0 Å². The Kier molecular flexibility index (Phi) is 3.94. The average molecular weight is 332 g/mol. The fourth-order valence-electron chi connectivity index (χ4n) is 3.62. The van der Waals surface area contributed by atoms with Crippen LogP contribution in [-0.4, -0.2) is 52.8 Å². The van der Waals surface area contributed by atoms with Gasteiger partial charge in [0, 0.05) is 24.8 Å². The van der Waals surface area contributed by atoms with Crippen molar-refractivity contribution in [3.05, 3.63) is 29.3 Å². The molecule has 0 spiro atoms. The number of piperazine rings is 1. The molecule has 3 rings (SSSR count). The molecule has 0 bridgehead atoms. The summed E-state index contributed by atoms with van der Waals surface area (Å²) < 4.78 is 5.49. The molecule has 0 aliphatic carbocycles. The minimum Gasteiger partial charge on any atom is -0.478 e. The highest BCUT2D eigenvalue weighted by molar-refractivity contribution is 5.89. The highest BCUT2D eigenvalue weighted by Gasteiger charge is 2.40. The lowest BCUT2D eigenvalue weighted by Crippen LogP contribution is -2.58. The topological polar surface area (TPSA) is 70.1 Å². The van der Waals surface area contributed by atoms with Crippen molar-refractivity contribution in [3.8, 4) is 0 Å². The number of hydrogen-bond acceptors (Lipinski definition) is 4. The monoisotopic (exact) mass is 332 g/mol. The van der Waals surface area contributed by atoms with Gasteiger partial charge in [0.15, 0.2) is 0 Å². The molecule has 24 heavy (non-hydrogen) atoms. The molecule has 0 radical (unpaired) electrons. The first-order valence-corrected chi connectivity index (χ1v) is 8.28. The van der Waals surface area contributed by atoms with Gasteiger partial charge in [-0.2, -0.15) is 0 Å². The summed E-state index contributed by atoms with van der Waals surface area (Å²) in [5, 5.41) is 9.21. The van der Waals surface area contributed by atoms with Crippen LogP contribution in [0, 0.1) is 0 Å². The van der Waals surface area contributed by atoms with Gasteiger partial charge >= 0.3 is 12.1 Å². The molecule has 1 saturated heterocycles. The molecular formula is C18H24N2O4. The number of benzene rings is 1. The average Bonchev–Trinajstić information content (AvgIpc) is 2.82. The van der Waals surface area contributed by atoms with Crippen LogP contribution in [0.1, 0.15) is 43.6 Å². The number of carboxylic acids is 1. The molecule has 1 fully saturated rings. The summed E-state index contributed by atoms with van der Waals surface area (Å²) in [5.74, 6) is -0.915. The van der Waals surface area contributed by atoms with Crippen LogP contribution in [0.3, 0.4) is 0 Å². The quantitative estimate of drug-likeness (QED) is 0.856. The Balaban J connectivity index is 1.80. The van der Waals surface area contributed by atoms with Gasteiger partial charge in [0.1, 0.15) is 5.60 Å². The molecule has 6 nitrogen and oxygen atoms in total. The van der Waals surface area contributed by atoms with E-state index in [1.165, 1.54) is 0 Å². The van der Waals surface area contributed by atoms with Crippen LogP contribution in [-0.2, 0) is 11.2 Å². The zero-order chi connectivity index (χ0) is 17.6. The molecule has 6 heteroatoms. The Morgan fingerprint density at radius 3 is 2.58 bits per heavy atom. The highest BCUT2D eigenvalue weighted by atomic mass is 16.6. The molecule has 2 aliphatic heterocycles. The molecule has 1 unspecified atom stereocenters. The number of ether oxygens (including phenoxy) is 1. The second-order valence-electron chi connectivity index (χ2n) is 7.65. The molecule has 0 aromatic heterocycles. The minimum absolute atomic E-state index is 0.113. The summed E-state index contributed by atoms with van der Waals surface area (Å²) in [7, 11) is 0. The smallest absolute Gasteiger partial charge is 0.410 e. The van der Waals surface area contributed by atoms with E-state index in [-0.39, 0.29) is 18.2 Å². The number of carbonyl (C=O) groups excluding carboxylic acids is 1. The minimum atomic E-state index is -0.915. The Morgan fingerprint density at radius 1 is 1.25 bits per heavy atom. The number of hydrogen-bond donors (Lipinski definition) is 1. The van der Waals surface area contributed by atoms with Crippen LogP contribution in [0.2, 0.25) is 0 Å². The summed E-state index contributed by atoms with van der Waals surface area (Å²) in [4.78, 5) is 27.6. The van der Waals surface area contributed by atoms with E-state index in [9.17, 15) is 14.7 Å². The van der Waals surface area contributed by atoms with Crippen molar-refractivity contribution in [1.29, 1.82) is 0 Å². The molecule has 2 atom stereocenters. The fraction of sp³-hybridized carbons (Fsp3) is 0.556. The third-order valence-electron chi connectivity index (χ3n) is 4.50. The number of rotatable bonds is 1. The molecule has 1 N–H and O–H groups in total. The number of anilines is 1. The van der Waals surface area contributed by atoms with Gasteiger partial charge in [0.2, 0.25) is 0 Å². The van der Waals surface area contributed by atoms with E-state index in [1.54, 1.807) is 17.0 Å². The predicted molar refractivity (Wildman–Crippen MR) is 90.6 cm³/mol. The van der Waals surface area contributed by atoms with Gasteiger partial charge in [0.25, 0.3) is 0 Å². The molecule has 1 aromatic carbocycles. The van der Waals surface area contributed by atoms with Crippen LogP contribution < -0.4 is 4.90 Å². The van der Waals surface area contributed by atoms with Crippen molar-refractivity contribution in [2.24, 2.45) is 0 Å². The largest absolute Gasteiger partial charge is 0.478 e. The number of nitrogens with zero attached hydrogens (tertiary/aromatic N) is 2. The number of aromatic carboxylic acids is 1. The maximum absolute atomic E-state index is 12.4. The summed E-state index contributed by atoms with van der Waals surface area (Å²) in [6, 6.07) is 5.57. The third-order valence-corrected chi connectivity index (χ3v) is 4.50. The van der Waals surface area contributed by atoms with E-state index in [2.05, 4.69) is 11.8 Å². The zero-order valence-electron chi connectivity index (χ0n) is 14.6. The van der Waals surface area contributed by atoms with Gasteiger partial charge in [-0.25, -0.2) is 9.59 Å². The summed E-state index contributed by atoms with van der Waals surface area (Å²) in [6.07, 6.45) is 0.537. The Bertz CT molecular complexity index is 680. The van der Waals surface area contributed by atoms with Gasteiger partial charge in [-0.05, 0) is 51.8 Å². The fourth-order valence-corrected chi connectivity index (χ4v) is 3.62. The lowest BCUT2D eigenvalue weighted by Gasteiger charge is -2.44. The van der Waals surface area contributed by atoms with Crippen molar-refractivity contribution in [3.63, 3.8) is 0 Å². The van der Waals surface area contributed by atoms with E-state index < -0.39 is 11.6 Å². The van der Waals surface area contributed by atoms with E-state index in [1.807, 2.05) is 26.8 Å². The number of amides is 1. The van der Waals surface area contributed by atoms with Crippen LogP contribution in [0.15, 0.2) is 18.2 Å². The van der Waals surface area contributed by atoms with Gasteiger partial charge in [-0.15, -0.1) is 0 Å². The second-order valence-corrected chi connectivity index (χ2v) is 7.65. The highest BCUT2D eigenvalue weighted by Crippen LogP contribution is 2.37. The summed E-state index contributed by atoms with van der Waals surface area (Å²) in [5.41, 5.74) is 1.92. The maximum Gasteiger partial charge on any atom is 0.410 e. The molecule has 2 aliphatic rings. The predicted octanol–water partition coefficient (Wildman–Crippen LogP) is 2.76. The van der Waals surface area contributed by atoms with Crippen molar-refractivity contribution < 1.29 is 19.4 Å². The SMILES string of the molecule is CC1CN(C(=O)OC(C)(C)C)C[C@H]2Cc3ccc(C(=O)O)cc3N12. The first-order chi connectivity index (χ1) is 11.2. The maximum atomic E-state index is 12.4. The first-order valence-electron chi connectivity index (χ1n) is 8.28. The second kappa shape index (κ2) is 5.69. The number of fused-ring (bicyclic) bond motifs is 3. The first kappa shape index (κ1) is 16.6. The normalized spacial score (nSPS) is 22.8. The number of carboxylic acid groups (broad SMARTS) is 1. The van der Waals surface area contributed by atoms with E-state index in [0.29, 0.717) is 18.7 Å². The van der Waals surface area contributed by atoms with Gasteiger partial charge in [-0.3, -0.25) is 0 Å². The summed E-state index contributed by atoms with van der Waals surface area (Å²) in [6.45, 7) is 8.82. The Morgan fingerprint density at radius 2 is 1.96 bits per heavy atom. The van der Waals surface area contributed by atoms with E-state index in [4.69, 9.17) is 4.74 Å². The van der Waals surface area contributed by atoms with Crippen molar-refractivity contribution >= 4 is 17.7 Å². The van der Waals surface area contributed by atoms with Crippen molar-refractivity contribution in [2.45, 2.75) is 51.8 Å². The Labute approximate surface area is 142 Å². The van der Waals surface area contributed by atoms with Crippen LogP contribution in [0.5, 0.6) is 0 Å². The molecule has 130 valence electrons. The van der Waals surface area contributed by atoms with Gasteiger partial charge < -0.3 is 19.6 Å². The lowest BCUT2D eigenvalue weighted by molar-refractivity contribution is 0.0192. The zero-order valence-corrected chi connectivity index (χ0v) is 14.6. The Hall–Kier alpha value is -2.24. The van der Waals surface area contributed by atoms with Crippen LogP contribution in [0.4, 0.5) is 10.5 Å². The third kappa shape index (κ3) is 3.05. The van der Waals surface area contributed by atoms with Gasteiger partial charge in [0.05, 0.1) is 11.6 Å². The lowest BCUT2D eigenvalue weighted by atomic mass is 10.1. The van der Waals surface area contributed by atoms with Crippen LogP contribution in [0.25, 0.3) is 0 Å². The van der Waals surface area contributed by atoms with E-state index >= 15 is 0 Å². The molecule has 2 heterocycles. The van der Waals surface area contributed by atoms with Crippen molar-refractivity contribution in [1.82, 2.24) is 4.90 Å². The molecule has 1 amide bonds. The summed E-state index contributed by atoms with van der Waals surface area (Å²) >= 11 is 0. The van der Waals surface area contributed by atoms with Gasteiger partial charge in [-0.1, -0.05) is 6.07 Å². The molecular weight excluding hydrogens is 308 g/mol.